The van der Waals surface area contributed by atoms with E-state index in [1.54, 1.807) is 0 Å². The maximum atomic E-state index is 4.07. The van der Waals surface area contributed by atoms with Gasteiger partial charge in [-0.1, -0.05) is 20.8 Å². The molecule has 1 aliphatic rings. The van der Waals surface area contributed by atoms with E-state index in [4.69, 9.17) is 0 Å². The summed E-state index contributed by atoms with van der Waals surface area (Å²) in [6.07, 6.45) is 6.35. The van der Waals surface area contributed by atoms with Gasteiger partial charge in [0.1, 0.15) is 0 Å². The number of rotatable bonds is 3. The van der Waals surface area contributed by atoms with Crippen molar-refractivity contribution in [2.75, 3.05) is 0 Å². The fraction of sp³-hybridized carbons (Fsp3) is 0.667. The highest BCUT2D eigenvalue weighted by Gasteiger charge is 2.36. The van der Waals surface area contributed by atoms with Crippen LogP contribution in [0.1, 0.15) is 52.1 Å². The van der Waals surface area contributed by atoms with Gasteiger partial charge in [-0.25, -0.2) is 0 Å². The molecule has 2 rings (SSSR count). The van der Waals surface area contributed by atoms with Crippen molar-refractivity contribution >= 4 is 0 Å². The van der Waals surface area contributed by atoms with E-state index >= 15 is 0 Å². The third-order valence-electron chi connectivity index (χ3n) is 4.00. The minimum absolute atomic E-state index is 0.416. The van der Waals surface area contributed by atoms with Crippen LogP contribution >= 0.6 is 0 Å². The number of hydrogen-bond donors (Lipinski definition) is 1. The molecule has 0 aliphatic heterocycles. The summed E-state index contributed by atoms with van der Waals surface area (Å²) in [5.41, 5.74) is 1.83. The lowest BCUT2D eigenvalue weighted by atomic mass is 9.91. The molecular weight excluding hydrogens is 208 g/mol. The molecule has 1 aromatic rings. The topological polar surface area (TPSA) is 24.9 Å². The van der Waals surface area contributed by atoms with Gasteiger partial charge in [0.15, 0.2) is 0 Å². The van der Waals surface area contributed by atoms with Crippen LogP contribution in [0.5, 0.6) is 0 Å². The van der Waals surface area contributed by atoms with E-state index in [2.05, 4.69) is 50.1 Å². The van der Waals surface area contributed by atoms with Crippen molar-refractivity contribution < 1.29 is 0 Å². The Labute approximate surface area is 105 Å². The van der Waals surface area contributed by atoms with E-state index in [1.807, 2.05) is 12.4 Å². The second-order valence-corrected chi connectivity index (χ2v) is 6.33. The predicted octanol–water partition coefficient (Wildman–Crippen LogP) is 3.56. The lowest BCUT2D eigenvalue weighted by Gasteiger charge is -2.23. The van der Waals surface area contributed by atoms with Crippen molar-refractivity contribution in [2.24, 2.45) is 11.3 Å². The molecule has 0 aromatic carbocycles. The van der Waals surface area contributed by atoms with E-state index in [-0.39, 0.29) is 0 Å². The normalized spacial score (nSPS) is 29.2. The second-order valence-electron chi connectivity index (χ2n) is 6.33. The van der Waals surface area contributed by atoms with E-state index in [1.165, 1.54) is 18.4 Å². The molecular formula is C15H24N2. The van der Waals surface area contributed by atoms with Crippen LogP contribution in [0.25, 0.3) is 0 Å². The first kappa shape index (κ1) is 12.6. The summed E-state index contributed by atoms with van der Waals surface area (Å²) in [5.74, 6) is 0.772. The van der Waals surface area contributed by atoms with Crippen molar-refractivity contribution in [1.29, 1.82) is 0 Å². The number of aromatic nitrogens is 1. The van der Waals surface area contributed by atoms with Crippen LogP contribution in [0, 0.1) is 11.3 Å². The summed E-state index contributed by atoms with van der Waals surface area (Å²) in [6.45, 7) is 9.36. The van der Waals surface area contributed by atoms with Crippen LogP contribution in [0.3, 0.4) is 0 Å². The third kappa shape index (κ3) is 3.06. The molecule has 1 N–H and O–H groups in total. The Morgan fingerprint density at radius 3 is 2.47 bits per heavy atom. The van der Waals surface area contributed by atoms with E-state index in [0.29, 0.717) is 17.5 Å². The first-order valence-electron chi connectivity index (χ1n) is 6.64. The maximum absolute atomic E-state index is 4.07. The molecule has 1 fully saturated rings. The van der Waals surface area contributed by atoms with Crippen molar-refractivity contribution in [3.63, 3.8) is 0 Å². The van der Waals surface area contributed by atoms with Gasteiger partial charge in [0.05, 0.1) is 0 Å². The molecule has 94 valence electrons. The standard InChI is InChI=1S/C15H24N2/c1-11-9-15(3,4)10-14(11)17-12(2)13-5-7-16-8-6-13/h5-8,11-12,14,17H,9-10H2,1-4H3. The Kier molecular flexibility index (Phi) is 3.53. The molecule has 3 unspecified atom stereocenters. The highest BCUT2D eigenvalue weighted by molar-refractivity contribution is 5.14. The van der Waals surface area contributed by atoms with Gasteiger partial charge in [-0.3, -0.25) is 4.98 Å². The van der Waals surface area contributed by atoms with Gasteiger partial charge < -0.3 is 5.32 Å². The van der Waals surface area contributed by atoms with Crippen molar-refractivity contribution in [1.82, 2.24) is 10.3 Å². The predicted molar refractivity (Wildman–Crippen MR) is 71.8 cm³/mol. The minimum atomic E-state index is 0.416. The van der Waals surface area contributed by atoms with Gasteiger partial charge in [-0.2, -0.15) is 0 Å². The van der Waals surface area contributed by atoms with Crippen molar-refractivity contribution in [3.05, 3.63) is 30.1 Å². The smallest absolute Gasteiger partial charge is 0.0295 e. The monoisotopic (exact) mass is 232 g/mol. The van der Waals surface area contributed by atoms with E-state index < -0.39 is 0 Å². The van der Waals surface area contributed by atoms with Gasteiger partial charge in [-0.15, -0.1) is 0 Å². The first-order chi connectivity index (χ1) is 7.98. The fourth-order valence-corrected chi connectivity index (χ4v) is 3.19. The molecule has 0 amide bonds. The summed E-state index contributed by atoms with van der Waals surface area (Å²) in [5, 5.41) is 3.77. The van der Waals surface area contributed by atoms with Gasteiger partial charge in [0.2, 0.25) is 0 Å². The summed E-state index contributed by atoms with van der Waals surface area (Å²) in [6, 6.07) is 5.26. The third-order valence-corrected chi connectivity index (χ3v) is 4.00. The molecule has 0 bridgehead atoms. The molecule has 0 spiro atoms. The second kappa shape index (κ2) is 4.77. The molecule has 3 atom stereocenters. The van der Waals surface area contributed by atoms with Crippen LogP contribution in [-0.4, -0.2) is 11.0 Å². The van der Waals surface area contributed by atoms with Gasteiger partial charge in [0, 0.05) is 24.5 Å². The van der Waals surface area contributed by atoms with Crippen LogP contribution in [-0.2, 0) is 0 Å². The largest absolute Gasteiger partial charge is 0.307 e. The lowest BCUT2D eigenvalue weighted by molar-refractivity contribution is 0.356. The Balaban J connectivity index is 1.98. The Morgan fingerprint density at radius 2 is 1.94 bits per heavy atom. The van der Waals surface area contributed by atoms with Crippen LogP contribution in [0.4, 0.5) is 0 Å². The minimum Gasteiger partial charge on any atom is -0.307 e. The summed E-state index contributed by atoms with van der Waals surface area (Å²) in [7, 11) is 0. The lowest BCUT2D eigenvalue weighted by Crippen LogP contribution is -2.33. The van der Waals surface area contributed by atoms with Crippen molar-refractivity contribution in [3.8, 4) is 0 Å². The quantitative estimate of drug-likeness (QED) is 0.862. The SMILES string of the molecule is CC(NC1CC(C)(C)CC1C)c1ccncc1. The Bertz CT molecular complexity index is 358. The molecule has 2 heteroatoms. The molecule has 2 nitrogen and oxygen atoms in total. The summed E-state index contributed by atoms with van der Waals surface area (Å²) in [4.78, 5) is 4.07. The molecule has 1 aliphatic carbocycles. The van der Waals surface area contributed by atoms with Gasteiger partial charge in [-0.05, 0) is 48.8 Å². The van der Waals surface area contributed by atoms with Gasteiger partial charge in [0.25, 0.3) is 0 Å². The molecule has 1 aromatic heterocycles. The zero-order valence-corrected chi connectivity index (χ0v) is 11.4. The molecule has 1 heterocycles. The highest BCUT2D eigenvalue weighted by Crippen LogP contribution is 2.41. The number of pyridine rings is 1. The zero-order valence-electron chi connectivity index (χ0n) is 11.4. The first-order valence-corrected chi connectivity index (χ1v) is 6.64. The van der Waals surface area contributed by atoms with E-state index in [0.717, 1.165) is 5.92 Å². The summed E-state index contributed by atoms with van der Waals surface area (Å²) < 4.78 is 0. The Morgan fingerprint density at radius 1 is 1.29 bits per heavy atom. The fourth-order valence-electron chi connectivity index (χ4n) is 3.19. The van der Waals surface area contributed by atoms with Crippen LogP contribution < -0.4 is 5.32 Å². The average Bonchev–Trinajstić information content (AvgIpc) is 2.53. The average molecular weight is 232 g/mol. The number of nitrogens with zero attached hydrogens (tertiary/aromatic N) is 1. The number of nitrogens with one attached hydrogen (secondary N) is 1. The zero-order chi connectivity index (χ0) is 12.5. The summed E-state index contributed by atoms with van der Waals surface area (Å²) >= 11 is 0. The molecule has 1 saturated carbocycles. The van der Waals surface area contributed by atoms with E-state index in [9.17, 15) is 0 Å². The molecule has 0 radical (unpaired) electrons. The molecule has 17 heavy (non-hydrogen) atoms. The van der Waals surface area contributed by atoms with Crippen LogP contribution in [0.15, 0.2) is 24.5 Å². The van der Waals surface area contributed by atoms with Crippen LogP contribution in [0.2, 0.25) is 0 Å². The maximum Gasteiger partial charge on any atom is 0.0295 e. The molecule has 0 saturated heterocycles. The number of hydrogen-bond acceptors (Lipinski definition) is 2. The highest BCUT2D eigenvalue weighted by atomic mass is 15.0. The van der Waals surface area contributed by atoms with Gasteiger partial charge >= 0.3 is 0 Å². The van der Waals surface area contributed by atoms with Crippen molar-refractivity contribution in [2.45, 2.75) is 52.6 Å². The Hall–Kier alpha value is -0.890.